The summed E-state index contributed by atoms with van der Waals surface area (Å²) < 4.78 is 3.91. The molecule has 0 radical (unpaired) electrons. The number of aromatic nitrogens is 1. The lowest BCUT2D eigenvalue weighted by atomic mass is 10.5. The molecule has 0 spiro atoms. The zero-order chi connectivity index (χ0) is 6.69. The van der Waals surface area contributed by atoms with E-state index >= 15 is 0 Å². The van der Waals surface area contributed by atoms with Crippen LogP contribution in [0.5, 0.6) is 0 Å². The van der Waals surface area contributed by atoms with Gasteiger partial charge in [-0.2, -0.15) is 4.37 Å². The molecule has 0 aromatic carbocycles. The highest BCUT2D eigenvalue weighted by molar-refractivity contribution is 7.06. The van der Waals surface area contributed by atoms with Gasteiger partial charge in [-0.25, -0.2) is 0 Å². The topological polar surface area (TPSA) is 50.9 Å². The molecule has 0 saturated carbocycles. The summed E-state index contributed by atoms with van der Waals surface area (Å²) >= 11 is 1.44. The average Bonchev–Trinajstić information content (AvgIpc) is 2.17. The van der Waals surface area contributed by atoms with Crippen LogP contribution < -0.4 is 11.1 Å². The molecule has 0 bridgehead atoms. The van der Waals surface area contributed by atoms with E-state index in [2.05, 4.69) is 9.69 Å². The molecule has 1 aromatic rings. The molecule has 0 unspecified atom stereocenters. The standard InChI is InChI=1S/C5H9N3S/c1-7-3-4-2-5(6)8-9-4/h2,7H,3H2,1H3,(H2,6,8). The highest BCUT2D eigenvalue weighted by atomic mass is 32.1. The van der Waals surface area contributed by atoms with Gasteiger partial charge in [0.1, 0.15) is 5.82 Å². The fourth-order valence-electron chi connectivity index (χ4n) is 0.587. The first kappa shape index (κ1) is 6.51. The second-order valence-electron chi connectivity index (χ2n) is 1.75. The fraction of sp³-hybridized carbons (Fsp3) is 0.400. The number of anilines is 1. The molecule has 50 valence electrons. The predicted octanol–water partition coefficient (Wildman–Crippen LogP) is 0.445. The van der Waals surface area contributed by atoms with Crippen LogP contribution >= 0.6 is 11.5 Å². The third-order valence-corrected chi connectivity index (χ3v) is 1.73. The van der Waals surface area contributed by atoms with Crippen molar-refractivity contribution in [1.29, 1.82) is 0 Å². The largest absolute Gasteiger partial charge is 0.383 e. The molecule has 4 heteroatoms. The summed E-state index contributed by atoms with van der Waals surface area (Å²) in [5.41, 5.74) is 5.38. The summed E-state index contributed by atoms with van der Waals surface area (Å²) in [7, 11) is 1.90. The first-order valence-corrected chi connectivity index (χ1v) is 3.46. The summed E-state index contributed by atoms with van der Waals surface area (Å²) in [6, 6.07) is 1.88. The molecule has 0 aliphatic carbocycles. The maximum absolute atomic E-state index is 5.38. The average molecular weight is 143 g/mol. The van der Waals surface area contributed by atoms with Crippen molar-refractivity contribution in [2.45, 2.75) is 6.54 Å². The van der Waals surface area contributed by atoms with E-state index in [4.69, 9.17) is 5.73 Å². The minimum absolute atomic E-state index is 0.616. The molecule has 0 saturated heterocycles. The van der Waals surface area contributed by atoms with Crippen molar-refractivity contribution in [3.05, 3.63) is 10.9 Å². The van der Waals surface area contributed by atoms with Crippen molar-refractivity contribution in [3.63, 3.8) is 0 Å². The molecule has 1 rings (SSSR count). The van der Waals surface area contributed by atoms with Crippen molar-refractivity contribution >= 4 is 17.4 Å². The van der Waals surface area contributed by atoms with Crippen molar-refractivity contribution < 1.29 is 0 Å². The Bertz CT molecular complexity index is 184. The van der Waals surface area contributed by atoms with E-state index in [1.807, 2.05) is 13.1 Å². The second-order valence-corrected chi connectivity index (χ2v) is 2.64. The van der Waals surface area contributed by atoms with E-state index < -0.39 is 0 Å². The van der Waals surface area contributed by atoms with Crippen molar-refractivity contribution in [2.24, 2.45) is 0 Å². The Morgan fingerprint density at radius 1 is 1.89 bits per heavy atom. The molecule has 0 fully saturated rings. The van der Waals surface area contributed by atoms with Gasteiger partial charge in [-0.1, -0.05) is 0 Å². The van der Waals surface area contributed by atoms with Gasteiger partial charge in [0.2, 0.25) is 0 Å². The van der Waals surface area contributed by atoms with Crippen LogP contribution in [0.1, 0.15) is 4.88 Å². The van der Waals surface area contributed by atoms with Crippen LogP contribution in [0.3, 0.4) is 0 Å². The maximum atomic E-state index is 5.38. The van der Waals surface area contributed by atoms with E-state index in [1.165, 1.54) is 16.4 Å². The normalized spacial score (nSPS) is 9.89. The lowest BCUT2D eigenvalue weighted by Crippen LogP contribution is -2.02. The molecule has 9 heavy (non-hydrogen) atoms. The van der Waals surface area contributed by atoms with Crippen LogP contribution in [-0.4, -0.2) is 11.4 Å². The van der Waals surface area contributed by atoms with Gasteiger partial charge in [-0.3, -0.25) is 0 Å². The lowest BCUT2D eigenvalue weighted by molar-refractivity contribution is 0.832. The van der Waals surface area contributed by atoms with Crippen LogP contribution in [0, 0.1) is 0 Å². The van der Waals surface area contributed by atoms with Crippen LogP contribution in [0.25, 0.3) is 0 Å². The molecule has 0 aliphatic rings. The number of rotatable bonds is 2. The molecule has 1 heterocycles. The number of hydrogen-bond donors (Lipinski definition) is 2. The predicted molar refractivity (Wildman–Crippen MR) is 39.3 cm³/mol. The Labute approximate surface area is 58.1 Å². The van der Waals surface area contributed by atoms with Gasteiger partial charge in [0.15, 0.2) is 0 Å². The zero-order valence-corrected chi connectivity index (χ0v) is 6.03. The second kappa shape index (κ2) is 2.80. The SMILES string of the molecule is CNCc1cc(N)ns1. The summed E-state index contributed by atoms with van der Waals surface area (Å²) in [6.07, 6.45) is 0. The molecule has 0 atom stereocenters. The summed E-state index contributed by atoms with van der Waals surface area (Å²) in [5, 5.41) is 3.01. The quantitative estimate of drug-likeness (QED) is 0.631. The molecule has 3 nitrogen and oxygen atoms in total. The van der Waals surface area contributed by atoms with Gasteiger partial charge in [0.25, 0.3) is 0 Å². The van der Waals surface area contributed by atoms with Gasteiger partial charge in [-0.15, -0.1) is 0 Å². The Morgan fingerprint density at radius 2 is 2.67 bits per heavy atom. The first-order valence-electron chi connectivity index (χ1n) is 2.68. The molecule has 0 amide bonds. The molecule has 0 aliphatic heterocycles. The number of nitrogens with zero attached hydrogens (tertiary/aromatic N) is 1. The smallest absolute Gasteiger partial charge is 0.137 e. The van der Waals surface area contributed by atoms with E-state index in [0.717, 1.165) is 6.54 Å². The Morgan fingerprint density at radius 3 is 3.11 bits per heavy atom. The van der Waals surface area contributed by atoms with E-state index in [0.29, 0.717) is 5.82 Å². The minimum Gasteiger partial charge on any atom is -0.383 e. The van der Waals surface area contributed by atoms with Gasteiger partial charge in [0, 0.05) is 11.4 Å². The Kier molecular flexibility index (Phi) is 2.02. The van der Waals surface area contributed by atoms with Crippen molar-refractivity contribution in [2.75, 3.05) is 12.8 Å². The molecule has 3 N–H and O–H groups in total. The Balaban J connectivity index is 2.61. The minimum atomic E-state index is 0.616. The third-order valence-electron chi connectivity index (χ3n) is 0.928. The fourth-order valence-corrected chi connectivity index (χ4v) is 1.24. The lowest BCUT2D eigenvalue weighted by Gasteiger charge is -1.88. The molecule has 1 aromatic heterocycles. The number of nitrogens with one attached hydrogen (secondary N) is 1. The van der Waals surface area contributed by atoms with Crippen molar-refractivity contribution in [1.82, 2.24) is 9.69 Å². The third kappa shape index (κ3) is 1.65. The summed E-state index contributed by atoms with van der Waals surface area (Å²) in [5.74, 6) is 0.616. The first-order chi connectivity index (χ1) is 4.33. The summed E-state index contributed by atoms with van der Waals surface area (Å²) in [6.45, 7) is 0.856. The number of nitrogen functional groups attached to an aromatic ring is 1. The molecular formula is C5H9N3S. The van der Waals surface area contributed by atoms with Gasteiger partial charge in [-0.05, 0) is 24.6 Å². The van der Waals surface area contributed by atoms with E-state index in [1.54, 1.807) is 0 Å². The van der Waals surface area contributed by atoms with Crippen LogP contribution in [-0.2, 0) is 6.54 Å². The number of nitrogens with two attached hydrogens (primary N) is 1. The zero-order valence-electron chi connectivity index (χ0n) is 5.22. The molecular weight excluding hydrogens is 134 g/mol. The highest BCUT2D eigenvalue weighted by Crippen LogP contribution is 2.09. The monoisotopic (exact) mass is 143 g/mol. The van der Waals surface area contributed by atoms with Crippen molar-refractivity contribution in [3.8, 4) is 0 Å². The van der Waals surface area contributed by atoms with Crippen LogP contribution in [0.2, 0.25) is 0 Å². The Hall–Kier alpha value is -0.610. The van der Waals surface area contributed by atoms with Gasteiger partial charge < -0.3 is 11.1 Å². The maximum Gasteiger partial charge on any atom is 0.137 e. The summed E-state index contributed by atoms with van der Waals surface area (Å²) in [4.78, 5) is 1.18. The highest BCUT2D eigenvalue weighted by Gasteiger charge is 1.94. The number of hydrogen-bond acceptors (Lipinski definition) is 4. The van der Waals surface area contributed by atoms with Gasteiger partial charge in [0.05, 0.1) is 0 Å². The van der Waals surface area contributed by atoms with Crippen LogP contribution in [0.15, 0.2) is 6.07 Å². The van der Waals surface area contributed by atoms with Gasteiger partial charge >= 0.3 is 0 Å². The van der Waals surface area contributed by atoms with E-state index in [9.17, 15) is 0 Å². The van der Waals surface area contributed by atoms with Crippen LogP contribution in [0.4, 0.5) is 5.82 Å². The van der Waals surface area contributed by atoms with E-state index in [-0.39, 0.29) is 0 Å².